The highest BCUT2D eigenvalue weighted by Gasteiger charge is 2.17. The Kier molecular flexibility index (Phi) is 4.67. The van der Waals surface area contributed by atoms with Crippen LogP contribution in [0.15, 0.2) is 91.0 Å². The van der Waals surface area contributed by atoms with Crippen molar-refractivity contribution in [3.63, 3.8) is 0 Å². The SMILES string of the molecule is Cc1ccc(Cc2cc(-c3ccccc3)nn2C(=O)c2ccccc2)cc1. The fraction of sp³-hybridized carbons (Fsp3) is 0.0833. The first kappa shape index (κ1) is 17.0. The van der Waals surface area contributed by atoms with Gasteiger partial charge in [-0.15, -0.1) is 0 Å². The van der Waals surface area contributed by atoms with E-state index in [-0.39, 0.29) is 5.91 Å². The highest BCUT2D eigenvalue weighted by atomic mass is 16.2. The van der Waals surface area contributed by atoms with Gasteiger partial charge in [-0.3, -0.25) is 4.79 Å². The molecule has 1 aromatic heterocycles. The Bertz CT molecular complexity index is 1050. The van der Waals surface area contributed by atoms with Gasteiger partial charge < -0.3 is 0 Å². The Morgan fingerprint density at radius 1 is 0.852 bits per heavy atom. The molecule has 0 atom stereocenters. The smallest absolute Gasteiger partial charge is 0.267 e. The zero-order valence-electron chi connectivity index (χ0n) is 15.2. The van der Waals surface area contributed by atoms with E-state index in [1.165, 1.54) is 10.2 Å². The molecule has 4 rings (SSSR count). The molecular weight excluding hydrogens is 332 g/mol. The summed E-state index contributed by atoms with van der Waals surface area (Å²) in [4.78, 5) is 13.1. The van der Waals surface area contributed by atoms with Crippen LogP contribution >= 0.6 is 0 Å². The van der Waals surface area contributed by atoms with Gasteiger partial charge in [0.25, 0.3) is 5.91 Å². The summed E-state index contributed by atoms with van der Waals surface area (Å²) in [6.45, 7) is 2.07. The van der Waals surface area contributed by atoms with Gasteiger partial charge in [0.15, 0.2) is 0 Å². The summed E-state index contributed by atoms with van der Waals surface area (Å²) < 4.78 is 1.54. The van der Waals surface area contributed by atoms with E-state index in [9.17, 15) is 4.79 Å². The minimum absolute atomic E-state index is 0.111. The average Bonchev–Trinajstić information content (AvgIpc) is 3.14. The molecule has 0 spiro atoms. The molecular formula is C24H20N2O. The molecule has 132 valence electrons. The van der Waals surface area contributed by atoms with E-state index >= 15 is 0 Å². The second-order valence-electron chi connectivity index (χ2n) is 6.63. The molecule has 0 aliphatic rings. The molecule has 0 aliphatic carbocycles. The van der Waals surface area contributed by atoms with Crippen LogP contribution in [0.5, 0.6) is 0 Å². The van der Waals surface area contributed by atoms with E-state index in [4.69, 9.17) is 0 Å². The van der Waals surface area contributed by atoms with Crippen molar-refractivity contribution >= 4 is 5.91 Å². The van der Waals surface area contributed by atoms with Crippen LogP contribution in [0.3, 0.4) is 0 Å². The number of aromatic nitrogens is 2. The van der Waals surface area contributed by atoms with Gasteiger partial charge in [-0.05, 0) is 30.7 Å². The number of aryl methyl sites for hydroxylation is 1. The van der Waals surface area contributed by atoms with E-state index in [0.29, 0.717) is 12.0 Å². The number of benzene rings is 3. The Morgan fingerprint density at radius 2 is 1.48 bits per heavy atom. The molecule has 0 saturated heterocycles. The van der Waals surface area contributed by atoms with E-state index in [1.54, 1.807) is 0 Å². The molecule has 0 radical (unpaired) electrons. The van der Waals surface area contributed by atoms with Crippen molar-refractivity contribution in [3.8, 4) is 11.3 Å². The van der Waals surface area contributed by atoms with Crippen molar-refractivity contribution in [1.82, 2.24) is 9.78 Å². The van der Waals surface area contributed by atoms with Gasteiger partial charge in [0.1, 0.15) is 0 Å². The maximum Gasteiger partial charge on any atom is 0.278 e. The van der Waals surface area contributed by atoms with Crippen LogP contribution < -0.4 is 0 Å². The van der Waals surface area contributed by atoms with E-state index in [1.807, 2.05) is 66.7 Å². The van der Waals surface area contributed by atoms with Gasteiger partial charge in [-0.2, -0.15) is 9.78 Å². The molecule has 3 aromatic carbocycles. The molecule has 0 amide bonds. The van der Waals surface area contributed by atoms with E-state index in [0.717, 1.165) is 22.5 Å². The minimum atomic E-state index is -0.111. The summed E-state index contributed by atoms with van der Waals surface area (Å²) in [5.74, 6) is -0.111. The van der Waals surface area contributed by atoms with Crippen LogP contribution in [0.1, 0.15) is 27.2 Å². The molecule has 1 heterocycles. The lowest BCUT2D eigenvalue weighted by molar-refractivity contribution is 0.0942. The zero-order valence-corrected chi connectivity index (χ0v) is 15.2. The first-order valence-corrected chi connectivity index (χ1v) is 9.00. The molecule has 3 nitrogen and oxygen atoms in total. The third-order valence-corrected chi connectivity index (χ3v) is 4.57. The zero-order chi connectivity index (χ0) is 18.6. The Labute approximate surface area is 158 Å². The van der Waals surface area contributed by atoms with Gasteiger partial charge in [-0.25, -0.2) is 0 Å². The summed E-state index contributed by atoms with van der Waals surface area (Å²) in [6, 6.07) is 29.6. The summed E-state index contributed by atoms with van der Waals surface area (Å²) in [5, 5.41) is 4.64. The van der Waals surface area contributed by atoms with Crippen LogP contribution in [-0.2, 0) is 6.42 Å². The Balaban J connectivity index is 1.76. The number of hydrogen-bond donors (Lipinski definition) is 0. The number of rotatable bonds is 4. The second-order valence-corrected chi connectivity index (χ2v) is 6.63. The maximum atomic E-state index is 13.1. The van der Waals surface area contributed by atoms with E-state index in [2.05, 4.69) is 36.3 Å². The van der Waals surface area contributed by atoms with Crippen molar-refractivity contribution in [2.75, 3.05) is 0 Å². The standard InChI is InChI=1S/C24H20N2O/c1-18-12-14-19(15-13-18)16-22-17-23(20-8-4-2-5-9-20)25-26(22)24(27)21-10-6-3-7-11-21/h2-15,17H,16H2,1H3. The Hall–Kier alpha value is -3.46. The van der Waals surface area contributed by atoms with Crippen molar-refractivity contribution < 1.29 is 4.79 Å². The van der Waals surface area contributed by atoms with Crippen LogP contribution in [0.25, 0.3) is 11.3 Å². The summed E-state index contributed by atoms with van der Waals surface area (Å²) >= 11 is 0. The van der Waals surface area contributed by atoms with Crippen molar-refractivity contribution in [2.24, 2.45) is 0 Å². The fourth-order valence-electron chi connectivity index (χ4n) is 3.09. The summed E-state index contributed by atoms with van der Waals surface area (Å²) in [6.07, 6.45) is 0.651. The largest absolute Gasteiger partial charge is 0.278 e. The molecule has 0 saturated carbocycles. The molecule has 27 heavy (non-hydrogen) atoms. The van der Waals surface area contributed by atoms with Crippen LogP contribution in [0.2, 0.25) is 0 Å². The monoisotopic (exact) mass is 352 g/mol. The summed E-state index contributed by atoms with van der Waals surface area (Å²) in [7, 11) is 0. The average molecular weight is 352 g/mol. The molecule has 3 heteroatoms. The summed E-state index contributed by atoms with van der Waals surface area (Å²) in [5.41, 5.74) is 5.70. The molecule has 0 aliphatic heterocycles. The van der Waals surface area contributed by atoms with Crippen molar-refractivity contribution in [3.05, 3.63) is 113 Å². The predicted molar refractivity (Wildman–Crippen MR) is 108 cm³/mol. The van der Waals surface area contributed by atoms with Gasteiger partial charge in [0.05, 0.1) is 11.4 Å². The number of carbonyl (C=O) groups excluding carboxylic acids is 1. The normalized spacial score (nSPS) is 10.7. The highest BCUT2D eigenvalue weighted by molar-refractivity contribution is 5.96. The molecule has 4 aromatic rings. The lowest BCUT2D eigenvalue weighted by Crippen LogP contribution is -2.16. The molecule has 0 unspecified atom stereocenters. The number of carbonyl (C=O) groups is 1. The van der Waals surface area contributed by atoms with Crippen LogP contribution in [0, 0.1) is 6.92 Å². The van der Waals surface area contributed by atoms with Crippen LogP contribution in [-0.4, -0.2) is 15.7 Å². The Morgan fingerprint density at radius 3 is 2.15 bits per heavy atom. The third-order valence-electron chi connectivity index (χ3n) is 4.57. The van der Waals surface area contributed by atoms with Crippen molar-refractivity contribution in [1.29, 1.82) is 0 Å². The van der Waals surface area contributed by atoms with Gasteiger partial charge in [0, 0.05) is 17.5 Å². The minimum Gasteiger partial charge on any atom is -0.267 e. The molecule has 0 bridgehead atoms. The number of hydrogen-bond acceptors (Lipinski definition) is 2. The van der Waals surface area contributed by atoms with Gasteiger partial charge >= 0.3 is 0 Å². The topological polar surface area (TPSA) is 34.9 Å². The van der Waals surface area contributed by atoms with Crippen LogP contribution in [0.4, 0.5) is 0 Å². The first-order valence-electron chi connectivity index (χ1n) is 9.00. The van der Waals surface area contributed by atoms with E-state index < -0.39 is 0 Å². The third kappa shape index (κ3) is 3.72. The van der Waals surface area contributed by atoms with Gasteiger partial charge in [0.2, 0.25) is 0 Å². The quantitative estimate of drug-likeness (QED) is 0.510. The predicted octanol–water partition coefficient (Wildman–Crippen LogP) is 5.14. The molecule has 0 fully saturated rings. The number of nitrogens with zero attached hydrogens (tertiary/aromatic N) is 2. The molecule has 0 N–H and O–H groups in total. The lowest BCUT2D eigenvalue weighted by atomic mass is 10.1. The first-order chi connectivity index (χ1) is 13.2. The lowest BCUT2D eigenvalue weighted by Gasteiger charge is -2.07. The highest BCUT2D eigenvalue weighted by Crippen LogP contribution is 2.22. The fourth-order valence-corrected chi connectivity index (χ4v) is 3.09. The van der Waals surface area contributed by atoms with Gasteiger partial charge in [-0.1, -0.05) is 78.4 Å². The second kappa shape index (κ2) is 7.42. The van der Waals surface area contributed by atoms with Crippen molar-refractivity contribution in [2.45, 2.75) is 13.3 Å². The maximum absolute atomic E-state index is 13.1.